The Labute approximate surface area is 244 Å². The van der Waals surface area contributed by atoms with E-state index < -0.39 is 36.4 Å². The second-order valence-corrected chi connectivity index (χ2v) is 9.52. The molecule has 0 unspecified atom stereocenters. The molecule has 1 saturated carbocycles. The zero-order valence-electron chi connectivity index (χ0n) is 23.0. The number of likely N-dealkylation sites (tertiary alicyclic amines) is 1. The van der Waals surface area contributed by atoms with Crippen molar-refractivity contribution >= 4 is 17.9 Å². The van der Waals surface area contributed by atoms with Crippen LogP contribution < -0.4 is 4.74 Å². The van der Waals surface area contributed by atoms with Crippen LogP contribution in [-0.2, 0) is 25.7 Å². The minimum absolute atomic E-state index is 0.428. The van der Waals surface area contributed by atoms with E-state index in [1.54, 1.807) is 7.11 Å². The van der Waals surface area contributed by atoms with Crippen LogP contribution in [0.15, 0.2) is 18.2 Å². The lowest BCUT2D eigenvalue weighted by Crippen LogP contribution is -2.60. The van der Waals surface area contributed by atoms with Gasteiger partial charge in [-0.3, -0.25) is 9.80 Å². The van der Waals surface area contributed by atoms with Gasteiger partial charge in [0.2, 0.25) is 5.88 Å². The molecule has 11 nitrogen and oxygen atoms in total. The summed E-state index contributed by atoms with van der Waals surface area (Å²) in [5, 5.41) is 21.4. The molecule has 2 atom stereocenters. The molecule has 4 rings (SSSR count). The third-order valence-corrected chi connectivity index (χ3v) is 6.08. The number of alkyl halides is 9. The number of rotatable bonds is 5. The van der Waals surface area contributed by atoms with Gasteiger partial charge in [-0.1, -0.05) is 6.07 Å². The summed E-state index contributed by atoms with van der Waals surface area (Å²) in [6.07, 6.45) is -10.8. The summed E-state index contributed by atoms with van der Waals surface area (Å²) in [7, 11) is 1.67. The maximum atomic E-state index is 10.6. The van der Waals surface area contributed by atoms with Crippen molar-refractivity contribution in [1.29, 1.82) is 0 Å². The zero-order valence-corrected chi connectivity index (χ0v) is 23.0. The molecule has 1 aromatic heterocycles. The van der Waals surface area contributed by atoms with Crippen molar-refractivity contribution in [2.45, 2.75) is 56.5 Å². The minimum Gasteiger partial charge on any atom is -0.481 e. The largest absolute Gasteiger partial charge is 0.490 e. The molecule has 3 aliphatic rings. The van der Waals surface area contributed by atoms with E-state index >= 15 is 0 Å². The second-order valence-electron chi connectivity index (χ2n) is 9.52. The number of aromatic nitrogens is 1. The summed E-state index contributed by atoms with van der Waals surface area (Å²) in [5.41, 5.74) is 1.09. The molecule has 252 valence electrons. The maximum Gasteiger partial charge on any atom is 0.490 e. The average molecular weight is 659 g/mol. The molecule has 0 spiro atoms. The van der Waals surface area contributed by atoms with Gasteiger partial charge in [0.1, 0.15) is 0 Å². The van der Waals surface area contributed by atoms with Gasteiger partial charge < -0.3 is 24.8 Å². The number of ether oxygens (including phenoxy) is 2. The maximum absolute atomic E-state index is 10.6. The van der Waals surface area contributed by atoms with Crippen molar-refractivity contribution < 1.29 is 78.7 Å². The molecular weight excluding hydrogens is 629 g/mol. The number of carbonyl (C=O) groups is 3. The quantitative estimate of drug-likeness (QED) is 0.398. The predicted molar refractivity (Wildman–Crippen MR) is 130 cm³/mol. The van der Waals surface area contributed by atoms with Crippen molar-refractivity contribution in [2.75, 3.05) is 39.9 Å². The lowest BCUT2D eigenvalue weighted by atomic mass is 9.98. The highest BCUT2D eigenvalue weighted by Crippen LogP contribution is 2.33. The van der Waals surface area contributed by atoms with E-state index in [1.807, 2.05) is 12.1 Å². The molecule has 44 heavy (non-hydrogen) atoms. The number of nitrogens with zero attached hydrogens (tertiary/aromatic N) is 3. The average Bonchev–Trinajstić information content (AvgIpc) is 3.73. The second kappa shape index (κ2) is 16.6. The van der Waals surface area contributed by atoms with Gasteiger partial charge in [0.25, 0.3) is 0 Å². The Kier molecular flexibility index (Phi) is 14.6. The fourth-order valence-corrected chi connectivity index (χ4v) is 3.90. The van der Waals surface area contributed by atoms with E-state index in [-0.39, 0.29) is 0 Å². The molecular formula is C24H30F9N3O8. The first-order chi connectivity index (χ1) is 20.1. The van der Waals surface area contributed by atoms with E-state index in [0.717, 1.165) is 50.8 Å². The van der Waals surface area contributed by atoms with E-state index in [2.05, 4.69) is 20.9 Å². The monoisotopic (exact) mass is 659 g/mol. The fraction of sp³-hybridized carbons (Fsp3) is 0.667. The van der Waals surface area contributed by atoms with Crippen LogP contribution in [0.4, 0.5) is 39.5 Å². The van der Waals surface area contributed by atoms with Crippen LogP contribution >= 0.6 is 0 Å². The zero-order chi connectivity index (χ0) is 33.9. The molecule has 3 N–H and O–H groups in total. The molecule has 1 aromatic rings. The van der Waals surface area contributed by atoms with E-state index in [0.29, 0.717) is 18.0 Å². The number of fused-ring (bicyclic) bond motifs is 1. The minimum atomic E-state index is -5.08. The number of carboxylic acids is 3. The van der Waals surface area contributed by atoms with Gasteiger partial charge in [0.15, 0.2) is 0 Å². The van der Waals surface area contributed by atoms with Gasteiger partial charge in [0, 0.05) is 44.8 Å². The number of hydrogen-bond donors (Lipinski definition) is 3. The lowest BCUT2D eigenvalue weighted by molar-refractivity contribution is -0.193. The molecule has 20 heteroatoms. The highest BCUT2D eigenvalue weighted by atomic mass is 19.4. The standard InChI is InChI=1S/C18H27N3O2.3C2HF3O2/c1-22-18-4-2-3-15(19-18)12-20-8-7-17-16(13-20)21(9-10-23-17)11-14-5-6-14;3*3-2(4,5)1(6)7/h2-4,14,16-17H,5-13H2,1H3;3*(H,6,7)/t16-,17-;;;/m0.../s1. The number of pyridine rings is 1. The van der Waals surface area contributed by atoms with Crippen LogP contribution in [0.2, 0.25) is 0 Å². The van der Waals surface area contributed by atoms with E-state index in [4.69, 9.17) is 39.2 Å². The van der Waals surface area contributed by atoms with E-state index in [1.165, 1.54) is 19.4 Å². The smallest absolute Gasteiger partial charge is 0.481 e. The van der Waals surface area contributed by atoms with Crippen molar-refractivity contribution in [3.05, 3.63) is 23.9 Å². The number of piperidine rings is 1. The Morgan fingerprint density at radius 3 is 1.82 bits per heavy atom. The molecule has 0 radical (unpaired) electrons. The highest BCUT2D eigenvalue weighted by Gasteiger charge is 2.40. The summed E-state index contributed by atoms with van der Waals surface area (Å²) in [6, 6.07) is 6.58. The third-order valence-electron chi connectivity index (χ3n) is 6.08. The van der Waals surface area contributed by atoms with Gasteiger partial charge in [0.05, 0.1) is 25.5 Å². The van der Waals surface area contributed by atoms with Crippen LogP contribution in [-0.4, -0.2) is 119 Å². The summed E-state index contributed by atoms with van der Waals surface area (Å²) in [6.45, 7) is 6.37. The highest BCUT2D eigenvalue weighted by molar-refractivity contribution is 5.73. The van der Waals surface area contributed by atoms with Crippen LogP contribution in [0.1, 0.15) is 25.0 Å². The topological polar surface area (TPSA) is 150 Å². The van der Waals surface area contributed by atoms with Gasteiger partial charge >= 0.3 is 36.4 Å². The van der Waals surface area contributed by atoms with Crippen LogP contribution in [0.3, 0.4) is 0 Å². The molecule has 0 amide bonds. The normalized spacial score (nSPS) is 20.7. The third kappa shape index (κ3) is 14.9. The molecule has 3 fully saturated rings. The van der Waals surface area contributed by atoms with Crippen LogP contribution in [0, 0.1) is 5.92 Å². The first-order valence-electron chi connectivity index (χ1n) is 12.6. The van der Waals surface area contributed by atoms with Gasteiger partial charge in [-0.2, -0.15) is 39.5 Å². The van der Waals surface area contributed by atoms with Crippen molar-refractivity contribution in [3.8, 4) is 5.88 Å². The van der Waals surface area contributed by atoms with Gasteiger partial charge in [-0.05, 0) is 31.2 Å². The number of methoxy groups -OCH3 is 1. The van der Waals surface area contributed by atoms with Crippen LogP contribution in [0.5, 0.6) is 5.88 Å². The number of hydrogen-bond acceptors (Lipinski definition) is 8. The number of halogens is 9. The Bertz CT molecular complexity index is 1030. The van der Waals surface area contributed by atoms with Gasteiger partial charge in [-0.25, -0.2) is 19.4 Å². The molecule has 3 heterocycles. The summed E-state index contributed by atoms with van der Waals surface area (Å²) >= 11 is 0. The summed E-state index contributed by atoms with van der Waals surface area (Å²) < 4.78 is 106. The lowest BCUT2D eigenvalue weighted by Gasteiger charge is -2.47. The number of aliphatic carboxylic acids is 3. The Hall–Kier alpha value is -3.39. The van der Waals surface area contributed by atoms with Gasteiger partial charge in [-0.15, -0.1) is 0 Å². The SMILES string of the molecule is COc1cccc(CN2CC[C@@H]3OCCN(CC4CC4)[C@H]3C2)n1.O=C(O)C(F)(F)F.O=C(O)C(F)(F)F.O=C(O)C(F)(F)F. The van der Waals surface area contributed by atoms with Crippen molar-refractivity contribution in [3.63, 3.8) is 0 Å². The first kappa shape index (κ1) is 38.6. The first-order valence-corrected chi connectivity index (χ1v) is 12.6. The fourth-order valence-electron chi connectivity index (χ4n) is 3.90. The number of morpholine rings is 1. The molecule has 0 aromatic carbocycles. The van der Waals surface area contributed by atoms with Crippen LogP contribution in [0.25, 0.3) is 0 Å². The molecule has 0 bridgehead atoms. The van der Waals surface area contributed by atoms with Crippen molar-refractivity contribution in [2.24, 2.45) is 5.92 Å². The Balaban J connectivity index is 0.000000379. The summed E-state index contributed by atoms with van der Waals surface area (Å²) in [5.74, 6) is -6.62. The predicted octanol–water partition coefficient (Wildman–Crippen LogP) is 3.68. The Morgan fingerprint density at radius 1 is 0.886 bits per heavy atom. The molecule has 2 aliphatic heterocycles. The molecule has 1 aliphatic carbocycles. The van der Waals surface area contributed by atoms with E-state index in [9.17, 15) is 39.5 Å². The number of carboxylic acid groups (broad SMARTS) is 3. The Morgan fingerprint density at radius 2 is 1.39 bits per heavy atom. The van der Waals surface area contributed by atoms with Crippen molar-refractivity contribution in [1.82, 2.24) is 14.8 Å². The summed E-state index contributed by atoms with van der Waals surface area (Å²) in [4.78, 5) is 36.5. The molecule has 2 saturated heterocycles.